The molecule has 0 saturated heterocycles. The fourth-order valence-corrected chi connectivity index (χ4v) is 1.54. The zero-order chi connectivity index (χ0) is 13.0. The molecule has 2 aromatic rings. The predicted octanol–water partition coefficient (Wildman–Crippen LogP) is 1.85. The van der Waals surface area contributed by atoms with Crippen LogP contribution in [0.5, 0.6) is 0 Å². The van der Waals surface area contributed by atoms with Gasteiger partial charge in [-0.05, 0) is 25.5 Å². The van der Waals surface area contributed by atoms with E-state index in [1.165, 1.54) is 0 Å². The maximum absolute atomic E-state index is 10.4. The van der Waals surface area contributed by atoms with Crippen molar-refractivity contribution in [3.05, 3.63) is 29.9 Å². The first-order valence-electron chi connectivity index (χ1n) is 5.62. The van der Waals surface area contributed by atoms with Crippen molar-refractivity contribution in [2.75, 3.05) is 0 Å². The molecule has 0 atom stereocenters. The van der Waals surface area contributed by atoms with Crippen molar-refractivity contribution in [1.82, 2.24) is 15.2 Å². The third-order valence-corrected chi connectivity index (χ3v) is 2.39. The summed E-state index contributed by atoms with van der Waals surface area (Å²) in [6, 6.07) is 3.65. The molecule has 0 aliphatic carbocycles. The van der Waals surface area contributed by atoms with Crippen LogP contribution < -0.4 is 0 Å². The van der Waals surface area contributed by atoms with Crippen LogP contribution in [0.3, 0.4) is 0 Å². The summed E-state index contributed by atoms with van der Waals surface area (Å²) in [7, 11) is 0. The number of nitrogens with zero attached hydrogens (tertiary/aromatic N) is 3. The standard InChI is InChI=1S/C12H13N3O3/c1-8-7-9(5-6-13-8)12-15-14-10(18-12)3-2-4-11(16)17/h5-7H,2-4H2,1H3,(H,16,17). The molecule has 1 N–H and O–H groups in total. The highest BCUT2D eigenvalue weighted by atomic mass is 16.4. The number of rotatable bonds is 5. The van der Waals surface area contributed by atoms with Crippen molar-refractivity contribution < 1.29 is 14.3 Å². The Balaban J connectivity index is 2.04. The number of aryl methyl sites for hydroxylation is 2. The molecule has 2 rings (SSSR count). The van der Waals surface area contributed by atoms with Crippen LogP contribution in [-0.2, 0) is 11.2 Å². The number of hydrogen-bond acceptors (Lipinski definition) is 5. The number of aromatic nitrogens is 3. The van der Waals surface area contributed by atoms with Gasteiger partial charge in [0, 0.05) is 30.3 Å². The molecule has 0 saturated carbocycles. The quantitative estimate of drug-likeness (QED) is 0.867. The average Bonchev–Trinajstić information content (AvgIpc) is 2.77. The molecule has 6 heteroatoms. The number of hydrogen-bond donors (Lipinski definition) is 1. The lowest BCUT2D eigenvalue weighted by molar-refractivity contribution is -0.137. The zero-order valence-corrected chi connectivity index (χ0v) is 9.96. The molecule has 0 amide bonds. The van der Waals surface area contributed by atoms with Crippen LogP contribution >= 0.6 is 0 Å². The van der Waals surface area contributed by atoms with E-state index in [0.717, 1.165) is 11.3 Å². The van der Waals surface area contributed by atoms with Gasteiger partial charge in [0.2, 0.25) is 11.8 Å². The first-order chi connectivity index (χ1) is 8.65. The first-order valence-corrected chi connectivity index (χ1v) is 5.62. The molecule has 0 fully saturated rings. The topological polar surface area (TPSA) is 89.1 Å². The molecule has 2 aromatic heterocycles. The minimum atomic E-state index is -0.820. The van der Waals surface area contributed by atoms with Gasteiger partial charge < -0.3 is 9.52 Å². The molecule has 2 heterocycles. The number of aliphatic carboxylic acids is 1. The number of pyridine rings is 1. The van der Waals surface area contributed by atoms with E-state index in [9.17, 15) is 4.79 Å². The average molecular weight is 247 g/mol. The molecule has 0 aliphatic heterocycles. The van der Waals surface area contributed by atoms with Crippen LogP contribution in [0.2, 0.25) is 0 Å². The maximum Gasteiger partial charge on any atom is 0.303 e. The Morgan fingerprint density at radius 2 is 2.28 bits per heavy atom. The van der Waals surface area contributed by atoms with Gasteiger partial charge in [0.15, 0.2) is 0 Å². The molecule has 0 bridgehead atoms. The van der Waals surface area contributed by atoms with Gasteiger partial charge in [-0.15, -0.1) is 10.2 Å². The summed E-state index contributed by atoms with van der Waals surface area (Å²) in [5, 5.41) is 16.4. The fraction of sp³-hybridized carbons (Fsp3) is 0.333. The highest BCUT2D eigenvalue weighted by molar-refractivity contribution is 5.66. The van der Waals surface area contributed by atoms with E-state index >= 15 is 0 Å². The lowest BCUT2D eigenvalue weighted by Crippen LogP contribution is -1.95. The van der Waals surface area contributed by atoms with Gasteiger partial charge in [-0.3, -0.25) is 9.78 Å². The Kier molecular flexibility index (Phi) is 3.66. The van der Waals surface area contributed by atoms with E-state index in [4.69, 9.17) is 9.52 Å². The van der Waals surface area contributed by atoms with Gasteiger partial charge in [0.25, 0.3) is 0 Å². The van der Waals surface area contributed by atoms with E-state index in [0.29, 0.717) is 24.6 Å². The van der Waals surface area contributed by atoms with Crippen LogP contribution in [0, 0.1) is 6.92 Å². The Morgan fingerprint density at radius 1 is 1.44 bits per heavy atom. The third kappa shape index (κ3) is 3.13. The van der Waals surface area contributed by atoms with Crippen LogP contribution in [0.1, 0.15) is 24.4 Å². The van der Waals surface area contributed by atoms with E-state index in [1.54, 1.807) is 12.3 Å². The van der Waals surface area contributed by atoms with Crippen LogP contribution in [-0.4, -0.2) is 26.3 Å². The Morgan fingerprint density at radius 3 is 3.00 bits per heavy atom. The molecule has 18 heavy (non-hydrogen) atoms. The second-order valence-electron chi connectivity index (χ2n) is 3.93. The SMILES string of the molecule is Cc1cc(-c2nnc(CCCC(=O)O)o2)ccn1. The van der Waals surface area contributed by atoms with Crippen LogP contribution in [0.25, 0.3) is 11.5 Å². The summed E-state index contributed by atoms with van der Waals surface area (Å²) in [6.07, 6.45) is 2.75. The summed E-state index contributed by atoms with van der Waals surface area (Å²) >= 11 is 0. The molecule has 94 valence electrons. The molecule has 0 spiro atoms. The van der Waals surface area contributed by atoms with Crippen molar-refractivity contribution in [3.8, 4) is 11.5 Å². The monoisotopic (exact) mass is 247 g/mol. The van der Waals surface area contributed by atoms with E-state index in [-0.39, 0.29) is 6.42 Å². The molecular weight excluding hydrogens is 234 g/mol. The van der Waals surface area contributed by atoms with Gasteiger partial charge in [-0.1, -0.05) is 0 Å². The highest BCUT2D eigenvalue weighted by Gasteiger charge is 2.09. The van der Waals surface area contributed by atoms with Gasteiger partial charge in [0.1, 0.15) is 0 Å². The van der Waals surface area contributed by atoms with Crippen molar-refractivity contribution in [2.45, 2.75) is 26.2 Å². The van der Waals surface area contributed by atoms with Crippen molar-refractivity contribution in [3.63, 3.8) is 0 Å². The summed E-state index contributed by atoms with van der Waals surface area (Å²) in [4.78, 5) is 14.5. The van der Waals surface area contributed by atoms with E-state index in [2.05, 4.69) is 15.2 Å². The largest absolute Gasteiger partial charge is 0.481 e. The summed E-state index contributed by atoms with van der Waals surface area (Å²) in [5.41, 5.74) is 1.69. The van der Waals surface area contributed by atoms with Gasteiger partial charge >= 0.3 is 5.97 Å². The number of carboxylic acid groups (broad SMARTS) is 1. The number of carbonyl (C=O) groups is 1. The molecule has 0 radical (unpaired) electrons. The summed E-state index contributed by atoms with van der Waals surface area (Å²) in [6.45, 7) is 1.88. The molecule has 6 nitrogen and oxygen atoms in total. The molecule has 0 aromatic carbocycles. The van der Waals surface area contributed by atoms with E-state index in [1.807, 2.05) is 13.0 Å². The summed E-state index contributed by atoms with van der Waals surface area (Å²) in [5.74, 6) is 0.0750. The maximum atomic E-state index is 10.4. The first kappa shape index (κ1) is 12.2. The Labute approximate surface area is 104 Å². The molecule has 0 aliphatic rings. The Bertz CT molecular complexity index is 551. The van der Waals surface area contributed by atoms with Crippen LogP contribution in [0.4, 0.5) is 0 Å². The summed E-state index contributed by atoms with van der Waals surface area (Å²) < 4.78 is 5.46. The molecule has 0 unspecified atom stereocenters. The lowest BCUT2D eigenvalue weighted by Gasteiger charge is -1.95. The zero-order valence-electron chi connectivity index (χ0n) is 9.96. The Hall–Kier alpha value is -2.24. The van der Waals surface area contributed by atoms with E-state index < -0.39 is 5.97 Å². The third-order valence-electron chi connectivity index (χ3n) is 2.39. The van der Waals surface area contributed by atoms with Crippen molar-refractivity contribution in [1.29, 1.82) is 0 Å². The second kappa shape index (κ2) is 5.39. The van der Waals surface area contributed by atoms with Gasteiger partial charge in [-0.25, -0.2) is 0 Å². The second-order valence-corrected chi connectivity index (χ2v) is 3.93. The smallest absolute Gasteiger partial charge is 0.303 e. The minimum absolute atomic E-state index is 0.103. The number of carboxylic acids is 1. The van der Waals surface area contributed by atoms with Crippen molar-refractivity contribution >= 4 is 5.97 Å². The van der Waals surface area contributed by atoms with Gasteiger partial charge in [-0.2, -0.15) is 0 Å². The van der Waals surface area contributed by atoms with Gasteiger partial charge in [0.05, 0.1) is 0 Å². The van der Waals surface area contributed by atoms with Crippen molar-refractivity contribution in [2.24, 2.45) is 0 Å². The predicted molar refractivity (Wildman–Crippen MR) is 62.8 cm³/mol. The van der Waals surface area contributed by atoms with Crippen LogP contribution in [0.15, 0.2) is 22.7 Å². The normalized spacial score (nSPS) is 10.5. The lowest BCUT2D eigenvalue weighted by atomic mass is 10.2. The minimum Gasteiger partial charge on any atom is -0.481 e. The highest BCUT2D eigenvalue weighted by Crippen LogP contribution is 2.18. The fourth-order valence-electron chi connectivity index (χ4n) is 1.54. The molecular formula is C12H13N3O3.